The van der Waals surface area contributed by atoms with Crippen LogP contribution in [-0.4, -0.2) is 34.1 Å². The molecule has 1 aliphatic carbocycles. The lowest BCUT2D eigenvalue weighted by Crippen LogP contribution is -2.44. The fourth-order valence-electron chi connectivity index (χ4n) is 2.66. The summed E-state index contributed by atoms with van der Waals surface area (Å²) < 4.78 is 32.4. The smallest absolute Gasteiger partial charge is 0.349 e. The van der Waals surface area contributed by atoms with Crippen LogP contribution in [0.2, 0.25) is 0 Å². The van der Waals surface area contributed by atoms with Crippen molar-refractivity contribution in [2.24, 2.45) is 11.7 Å². The fraction of sp³-hybridized carbons (Fsp3) is 0.615. The predicted molar refractivity (Wildman–Crippen MR) is 80.8 cm³/mol. The highest BCUT2D eigenvalue weighted by Crippen LogP contribution is 2.27. The molecule has 1 aromatic rings. The molecule has 0 amide bonds. The van der Waals surface area contributed by atoms with Gasteiger partial charge in [0.05, 0.1) is 7.11 Å². The summed E-state index contributed by atoms with van der Waals surface area (Å²) in [6.45, 7) is 0.459. The number of ether oxygens (including phenoxy) is 1. The first kappa shape index (κ1) is 16.4. The Morgan fingerprint density at radius 2 is 2.19 bits per heavy atom. The van der Waals surface area contributed by atoms with E-state index in [9.17, 15) is 13.2 Å². The van der Waals surface area contributed by atoms with Gasteiger partial charge in [0.2, 0.25) is 10.0 Å². The molecule has 1 fully saturated rings. The minimum Gasteiger partial charge on any atom is -0.465 e. The maximum atomic E-state index is 12.5. The number of nitrogens with one attached hydrogen (secondary N) is 1. The molecule has 6 nitrogen and oxygen atoms in total. The van der Waals surface area contributed by atoms with Crippen LogP contribution in [0.1, 0.15) is 35.4 Å². The molecule has 2 atom stereocenters. The third-order valence-corrected chi connectivity index (χ3v) is 6.36. The highest BCUT2D eigenvalue weighted by molar-refractivity contribution is 7.89. The molecule has 0 aromatic carbocycles. The minimum absolute atomic E-state index is 0.0132. The predicted octanol–water partition coefficient (Wildman–Crippen LogP) is 1.33. The van der Waals surface area contributed by atoms with Gasteiger partial charge in [-0.15, -0.1) is 11.3 Å². The number of nitrogens with two attached hydrogens (primary N) is 1. The van der Waals surface area contributed by atoms with Gasteiger partial charge in [-0.25, -0.2) is 17.9 Å². The molecule has 0 spiro atoms. The maximum Gasteiger partial charge on any atom is 0.349 e. The zero-order valence-electron chi connectivity index (χ0n) is 11.9. The SMILES string of the molecule is COC(=O)c1sccc1S(=O)(=O)NC1CCCCC1CN. The van der Waals surface area contributed by atoms with Gasteiger partial charge in [0.25, 0.3) is 0 Å². The largest absolute Gasteiger partial charge is 0.465 e. The Labute approximate surface area is 128 Å². The standard InChI is InChI=1S/C13H20N2O4S2/c1-19-13(16)12-11(6-7-20-12)21(17,18)15-10-5-3-2-4-9(10)8-14/h6-7,9-10,15H,2-5,8,14H2,1H3. The van der Waals surface area contributed by atoms with E-state index in [2.05, 4.69) is 9.46 Å². The van der Waals surface area contributed by atoms with E-state index in [4.69, 9.17) is 5.73 Å². The minimum atomic E-state index is -3.74. The van der Waals surface area contributed by atoms with Gasteiger partial charge in [-0.05, 0) is 36.8 Å². The van der Waals surface area contributed by atoms with Crippen molar-refractivity contribution in [3.63, 3.8) is 0 Å². The number of carbonyl (C=O) groups excluding carboxylic acids is 1. The number of sulfonamides is 1. The van der Waals surface area contributed by atoms with Crippen molar-refractivity contribution in [3.8, 4) is 0 Å². The number of esters is 1. The highest BCUT2D eigenvalue weighted by atomic mass is 32.2. The van der Waals surface area contributed by atoms with E-state index in [1.54, 1.807) is 5.38 Å². The summed E-state index contributed by atoms with van der Waals surface area (Å²) in [5, 5.41) is 1.57. The van der Waals surface area contributed by atoms with Crippen LogP contribution in [0.3, 0.4) is 0 Å². The van der Waals surface area contributed by atoms with Crippen LogP contribution in [-0.2, 0) is 14.8 Å². The first-order valence-corrected chi connectivity index (χ1v) is 9.24. The summed E-state index contributed by atoms with van der Waals surface area (Å²) in [5.74, 6) is -0.488. The Bertz CT molecular complexity index is 597. The molecule has 1 saturated carbocycles. The first-order chi connectivity index (χ1) is 9.99. The molecule has 3 N–H and O–H groups in total. The second kappa shape index (κ2) is 6.87. The number of carbonyl (C=O) groups is 1. The van der Waals surface area contributed by atoms with Gasteiger partial charge in [-0.1, -0.05) is 12.8 Å². The summed E-state index contributed by atoms with van der Waals surface area (Å²) >= 11 is 1.06. The molecular formula is C13H20N2O4S2. The lowest BCUT2D eigenvalue weighted by Gasteiger charge is -2.30. The number of hydrogen-bond acceptors (Lipinski definition) is 6. The average Bonchev–Trinajstić information content (AvgIpc) is 2.97. The van der Waals surface area contributed by atoms with Crippen LogP contribution in [0.4, 0.5) is 0 Å². The second-order valence-electron chi connectivity index (χ2n) is 5.11. The molecule has 2 rings (SSSR count). The lowest BCUT2D eigenvalue weighted by atomic mass is 9.85. The van der Waals surface area contributed by atoms with E-state index < -0.39 is 16.0 Å². The van der Waals surface area contributed by atoms with E-state index in [0.29, 0.717) is 6.54 Å². The Morgan fingerprint density at radius 3 is 2.86 bits per heavy atom. The van der Waals surface area contributed by atoms with E-state index >= 15 is 0 Å². The Kier molecular flexibility index (Phi) is 5.37. The number of methoxy groups -OCH3 is 1. The first-order valence-electron chi connectivity index (χ1n) is 6.87. The Hall–Kier alpha value is -0.960. The lowest BCUT2D eigenvalue weighted by molar-refractivity contribution is 0.0602. The van der Waals surface area contributed by atoms with Crippen LogP contribution in [0.15, 0.2) is 16.3 Å². The molecule has 0 saturated heterocycles. The summed E-state index contributed by atoms with van der Waals surface area (Å²) in [7, 11) is -2.51. The van der Waals surface area contributed by atoms with Gasteiger partial charge in [0.15, 0.2) is 0 Å². The molecule has 21 heavy (non-hydrogen) atoms. The molecule has 0 radical (unpaired) electrons. The normalized spacial score (nSPS) is 23.0. The van der Waals surface area contributed by atoms with E-state index in [1.807, 2.05) is 0 Å². The average molecular weight is 332 g/mol. The van der Waals surface area contributed by atoms with Crippen molar-refractivity contribution >= 4 is 27.3 Å². The molecule has 8 heteroatoms. The van der Waals surface area contributed by atoms with Gasteiger partial charge >= 0.3 is 5.97 Å². The van der Waals surface area contributed by atoms with E-state index in [-0.39, 0.29) is 21.7 Å². The molecule has 2 unspecified atom stereocenters. The third kappa shape index (κ3) is 3.63. The van der Waals surface area contributed by atoms with Gasteiger partial charge in [0.1, 0.15) is 9.77 Å². The Morgan fingerprint density at radius 1 is 1.48 bits per heavy atom. The van der Waals surface area contributed by atoms with Crippen LogP contribution in [0, 0.1) is 5.92 Å². The van der Waals surface area contributed by atoms with Crippen LogP contribution in [0.25, 0.3) is 0 Å². The number of rotatable bonds is 5. The quantitative estimate of drug-likeness (QED) is 0.793. The summed E-state index contributed by atoms with van der Waals surface area (Å²) in [5.41, 5.74) is 5.72. The van der Waals surface area contributed by atoms with Gasteiger partial charge in [-0.3, -0.25) is 0 Å². The third-order valence-electron chi connectivity index (χ3n) is 3.81. The van der Waals surface area contributed by atoms with Gasteiger partial charge < -0.3 is 10.5 Å². The zero-order valence-corrected chi connectivity index (χ0v) is 13.5. The maximum absolute atomic E-state index is 12.5. The second-order valence-corrected chi connectivity index (χ2v) is 7.71. The van der Waals surface area contributed by atoms with Crippen molar-refractivity contribution in [1.82, 2.24) is 4.72 Å². The van der Waals surface area contributed by atoms with Crippen molar-refractivity contribution in [3.05, 3.63) is 16.3 Å². The monoisotopic (exact) mass is 332 g/mol. The summed E-state index contributed by atoms with van der Waals surface area (Å²) in [6, 6.07) is 1.26. The molecule has 0 bridgehead atoms. The van der Waals surface area contributed by atoms with Gasteiger partial charge in [0, 0.05) is 6.04 Å². The number of hydrogen-bond donors (Lipinski definition) is 2. The zero-order chi connectivity index (χ0) is 15.5. The van der Waals surface area contributed by atoms with Crippen molar-refractivity contribution in [2.45, 2.75) is 36.6 Å². The van der Waals surface area contributed by atoms with Crippen LogP contribution >= 0.6 is 11.3 Å². The molecule has 1 heterocycles. The van der Waals surface area contributed by atoms with Crippen molar-refractivity contribution in [2.75, 3.05) is 13.7 Å². The highest BCUT2D eigenvalue weighted by Gasteiger charge is 2.31. The topological polar surface area (TPSA) is 98.5 Å². The molecule has 1 aliphatic rings. The summed E-state index contributed by atoms with van der Waals surface area (Å²) in [6.07, 6.45) is 3.76. The molecule has 118 valence electrons. The van der Waals surface area contributed by atoms with E-state index in [0.717, 1.165) is 37.0 Å². The summed E-state index contributed by atoms with van der Waals surface area (Å²) in [4.78, 5) is 11.7. The number of thiophene rings is 1. The Balaban J connectivity index is 2.22. The van der Waals surface area contributed by atoms with E-state index in [1.165, 1.54) is 13.2 Å². The van der Waals surface area contributed by atoms with Gasteiger partial charge in [-0.2, -0.15) is 0 Å². The van der Waals surface area contributed by atoms with Crippen LogP contribution < -0.4 is 10.5 Å². The fourth-order valence-corrected chi connectivity index (χ4v) is 5.33. The molecular weight excluding hydrogens is 312 g/mol. The molecule has 1 aromatic heterocycles. The molecule has 0 aliphatic heterocycles. The van der Waals surface area contributed by atoms with Crippen molar-refractivity contribution < 1.29 is 17.9 Å². The van der Waals surface area contributed by atoms with Crippen LogP contribution in [0.5, 0.6) is 0 Å². The van der Waals surface area contributed by atoms with Crippen molar-refractivity contribution in [1.29, 1.82) is 0 Å².